The minimum absolute atomic E-state index is 0.0290. The molecule has 9 heteroatoms. The van der Waals surface area contributed by atoms with E-state index in [1.165, 1.54) is 12.3 Å². The second kappa shape index (κ2) is 7.40. The highest BCUT2D eigenvalue weighted by Gasteiger charge is 2.35. The van der Waals surface area contributed by atoms with E-state index >= 15 is 0 Å². The number of thioether (sulfide) groups is 1. The highest BCUT2D eigenvalue weighted by Crippen LogP contribution is 2.26. The van der Waals surface area contributed by atoms with Gasteiger partial charge in [-0.1, -0.05) is 30.0 Å². The second-order valence-electron chi connectivity index (χ2n) is 5.68. The predicted molar refractivity (Wildman–Crippen MR) is 96.6 cm³/mol. The summed E-state index contributed by atoms with van der Waals surface area (Å²) in [5.41, 5.74) is 0.386. The van der Waals surface area contributed by atoms with Gasteiger partial charge in [0.2, 0.25) is 5.91 Å². The van der Waals surface area contributed by atoms with Crippen molar-refractivity contribution in [3.05, 3.63) is 52.9 Å². The molecule has 1 N–H and O–H groups in total. The number of carbonyl (C=O) groups is 1. The van der Waals surface area contributed by atoms with Crippen LogP contribution in [0.5, 0.6) is 0 Å². The van der Waals surface area contributed by atoms with Crippen LogP contribution in [0.1, 0.15) is 6.42 Å². The van der Waals surface area contributed by atoms with Crippen LogP contribution in [-0.4, -0.2) is 47.6 Å². The summed E-state index contributed by atoms with van der Waals surface area (Å²) in [5, 5.41) is 0.355. The zero-order valence-corrected chi connectivity index (χ0v) is 14.9. The molecule has 1 fully saturated rings. The Morgan fingerprint density at radius 1 is 1.28 bits per heavy atom. The molecule has 1 amide bonds. The molecular weight excluding hydrogens is 362 g/mol. The number of aromatic nitrogens is 2. The smallest absolute Gasteiger partial charge is 0.251 e. The molecule has 0 radical (unpaired) electrons. The topological polar surface area (TPSA) is 100 Å². The molecule has 1 atom stereocenters. The van der Waals surface area contributed by atoms with E-state index in [0.29, 0.717) is 17.3 Å². The molecule has 0 saturated carbocycles. The van der Waals surface area contributed by atoms with Gasteiger partial charge in [-0.2, -0.15) is 0 Å². The van der Waals surface area contributed by atoms with Crippen LogP contribution in [0.3, 0.4) is 0 Å². The van der Waals surface area contributed by atoms with Crippen molar-refractivity contribution in [3.8, 4) is 0 Å². The quantitative estimate of drug-likeness (QED) is 0.616. The van der Waals surface area contributed by atoms with Gasteiger partial charge in [0.1, 0.15) is 0 Å². The molecule has 132 valence electrons. The van der Waals surface area contributed by atoms with Gasteiger partial charge < -0.3 is 9.88 Å². The molecule has 2 heterocycles. The standard InChI is InChI=1S/C16H17N3O4S2/c20-14-6-8-17-16(18-14)24-10-15(21)19(12-4-2-1-3-5-12)13-7-9-25(22,23)11-13/h1-6,8,13H,7,9-11H2,(H,17,18,20)/t13-/m1/s1. The van der Waals surface area contributed by atoms with Crippen LogP contribution in [0, 0.1) is 0 Å². The molecule has 1 saturated heterocycles. The van der Waals surface area contributed by atoms with E-state index in [0.717, 1.165) is 11.8 Å². The SMILES string of the molecule is O=C(CSc1nccc(=O)[nH]1)N(c1ccccc1)[C@@H]1CCS(=O)(=O)C1. The van der Waals surface area contributed by atoms with E-state index in [1.54, 1.807) is 17.0 Å². The number of nitrogens with zero attached hydrogens (tertiary/aromatic N) is 2. The number of sulfone groups is 1. The number of aromatic amines is 1. The molecule has 1 aliphatic rings. The number of carbonyl (C=O) groups excluding carboxylic acids is 1. The number of hydrogen-bond donors (Lipinski definition) is 1. The van der Waals surface area contributed by atoms with Gasteiger partial charge in [0.05, 0.1) is 23.3 Å². The summed E-state index contributed by atoms with van der Waals surface area (Å²) in [5.74, 6) is -0.101. The monoisotopic (exact) mass is 379 g/mol. The molecule has 1 aliphatic heterocycles. The maximum atomic E-state index is 12.8. The maximum absolute atomic E-state index is 12.8. The number of amides is 1. The lowest BCUT2D eigenvalue weighted by Crippen LogP contribution is -2.42. The minimum atomic E-state index is -3.12. The van der Waals surface area contributed by atoms with Gasteiger partial charge >= 0.3 is 0 Å². The Morgan fingerprint density at radius 2 is 2.04 bits per heavy atom. The highest BCUT2D eigenvalue weighted by molar-refractivity contribution is 7.99. The van der Waals surface area contributed by atoms with Crippen LogP contribution < -0.4 is 10.5 Å². The van der Waals surface area contributed by atoms with Gasteiger partial charge in [-0.25, -0.2) is 13.4 Å². The number of rotatable bonds is 5. The highest BCUT2D eigenvalue weighted by atomic mass is 32.2. The first-order valence-electron chi connectivity index (χ1n) is 7.70. The number of nitrogens with one attached hydrogen (secondary N) is 1. The second-order valence-corrected chi connectivity index (χ2v) is 8.88. The minimum Gasteiger partial charge on any atom is -0.308 e. The Morgan fingerprint density at radius 3 is 2.68 bits per heavy atom. The summed E-state index contributed by atoms with van der Waals surface area (Å²) in [6.07, 6.45) is 1.80. The third-order valence-electron chi connectivity index (χ3n) is 3.86. The van der Waals surface area contributed by atoms with Crippen molar-refractivity contribution in [1.82, 2.24) is 9.97 Å². The number of H-pyrrole nitrogens is 1. The Labute approximate surface area is 149 Å². The van der Waals surface area contributed by atoms with E-state index in [4.69, 9.17) is 0 Å². The maximum Gasteiger partial charge on any atom is 0.251 e. The first-order valence-corrected chi connectivity index (χ1v) is 10.5. The Balaban J connectivity index is 1.79. The van der Waals surface area contributed by atoms with Crippen LogP contribution in [-0.2, 0) is 14.6 Å². The summed E-state index contributed by atoms with van der Waals surface area (Å²) in [7, 11) is -3.12. The Kier molecular flexibility index (Phi) is 5.24. The lowest BCUT2D eigenvalue weighted by Gasteiger charge is -2.28. The zero-order chi connectivity index (χ0) is 17.9. The van der Waals surface area contributed by atoms with Gasteiger partial charge in [-0.15, -0.1) is 0 Å². The summed E-state index contributed by atoms with van der Waals surface area (Å²) in [6, 6.07) is 9.96. The molecular formula is C16H17N3O4S2. The summed E-state index contributed by atoms with van der Waals surface area (Å²) >= 11 is 1.12. The van der Waals surface area contributed by atoms with Crippen molar-refractivity contribution >= 4 is 33.2 Å². The first-order chi connectivity index (χ1) is 11.9. The molecule has 0 spiro atoms. The fourth-order valence-electron chi connectivity index (χ4n) is 2.75. The molecule has 3 rings (SSSR count). The lowest BCUT2D eigenvalue weighted by molar-refractivity contribution is -0.116. The fourth-order valence-corrected chi connectivity index (χ4v) is 5.16. The molecule has 0 aliphatic carbocycles. The molecule has 0 bridgehead atoms. The molecule has 25 heavy (non-hydrogen) atoms. The third-order valence-corrected chi connectivity index (χ3v) is 6.48. The van der Waals surface area contributed by atoms with Crippen molar-refractivity contribution in [2.45, 2.75) is 17.6 Å². The van der Waals surface area contributed by atoms with Crippen LogP contribution >= 0.6 is 11.8 Å². The predicted octanol–water partition coefficient (Wildman–Crippen LogP) is 1.08. The summed E-state index contributed by atoms with van der Waals surface area (Å²) in [4.78, 5) is 32.2. The van der Waals surface area contributed by atoms with Gasteiger partial charge in [-0.3, -0.25) is 9.59 Å². The van der Waals surface area contributed by atoms with Crippen LogP contribution in [0.4, 0.5) is 5.69 Å². The summed E-state index contributed by atoms with van der Waals surface area (Å²) in [6.45, 7) is 0. The number of anilines is 1. The van der Waals surface area contributed by atoms with Gasteiger partial charge in [-0.05, 0) is 18.6 Å². The van der Waals surface area contributed by atoms with Crippen molar-refractivity contribution in [1.29, 1.82) is 0 Å². The number of hydrogen-bond acceptors (Lipinski definition) is 6. The van der Waals surface area contributed by atoms with Crippen molar-refractivity contribution < 1.29 is 13.2 Å². The van der Waals surface area contributed by atoms with Gasteiger partial charge in [0, 0.05) is 18.0 Å². The largest absolute Gasteiger partial charge is 0.308 e. The number of benzene rings is 1. The Bertz CT molecular complexity index is 912. The lowest BCUT2D eigenvalue weighted by atomic mass is 10.2. The Hall–Kier alpha value is -2.13. The molecule has 1 aromatic carbocycles. The fraction of sp³-hybridized carbons (Fsp3) is 0.312. The normalized spacial score (nSPS) is 18.8. The van der Waals surface area contributed by atoms with Crippen molar-refractivity contribution in [2.24, 2.45) is 0 Å². The van der Waals surface area contributed by atoms with E-state index in [1.807, 2.05) is 18.2 Å². The van der Waals surface area contributed by atoms with Crippen LogP contribution in [0.15, 0.2) is 52.5 Å². The average molecular weight is 379 g/mol. The van der Waals surface area contributed by atoms with Gasteiger partial charge in [0.25, 0.3) is 5.56 Å². The van der Waals surface area contributed by atoms with E-state index < -0.39 is 9.84 Å². The van der Waals surface area contributed by atoms with E-state index in [2.05, 4.69) is 9.97 Å². The van der Waals surface area contributed by atoms with Crippen LogP contribution in [0.25, 0.3) is 0 Å². The zero-order valence-electron chi connectivity index (χ0n) is 13.3. The molecule has 2 aromatic rings. The van der Waals surface area contributed by atoms with Crippen molar-refractivity contribution in [2.75, 3.05) is 22.2 Å². The van der Waals surface area contributed by atoms with Gasteiger partial charge in [0.15, 0.2) is 15.0 Å². The molecule has 0 unspecified atom stereocenters. The first kappa shape index (κ1) is 17.7. The van der Waals surface area contributed by atoms with E-state index in [9.17, 15) is 18.0 Å². The summed E-state index contributed by atoms with van der Waals surface area (Å²) < 4.78 is 23.6. The third kappa shape index (κ3) is 4.49. The molecule has 1 aromatic heterocycles. The average Bonchev–Trinajstić information content (AvgIpc) is 2.94. The number of para-hydroxylation sites is 1. The van der Waals surface area contributed by atoms with Crippen LogP contribution in [0.2, 0.25) is 0 Å². The van der Waals surface area contributed by atoms with Crippen molar-refractivity contribution in [3.63, 3.8) is 0 Å². The van der Waals surface area contributed by atoms with E-state index in [-0.39, 0.29) is 34.8 Å². The molecule has 7 nitrogen and oxygen atoms in total.